The van der Waals surface area contributed by atoms with Gasteiger partial charge in [0.2, 0.25) is 0 Å². The van der Waals surface area contributed by atoms with Crippen LogP contribution < -0.4 is 48.1 Å². The zero-order chi connectivity index (χ0) is 14.3. The Morgan fingerprint density at radius 1 is 0.607 bits per heavy atom. The largest absolute Gasteiger partial charge is 1.00 e. The van der Waals surface area contributed by atoms with Crippen LogP contribution in [-0.4, -0.2) is 35.4 Å². The fourth-order valence-electron chi connectivity index (χ4n) is 1.46. The molecule has 0 aliphatic heterocycles. The van der Waals surface area contributed by atoms with Crippen molar-refractivity contribution in [2.75, 3.05) is 0 Å². The van der Waals surface area contributed by atoms with Crippen LogP contribution in [0.15, 0.2) is 60.7 Å². The predicted octanol–water partition coefficient (Wildman–Crippen LogP) is 1.06. The predicted molar refractivity (Wildman–Crippen MR) is 146 cm³/mol. The van der Waals surface area contributed by atoms with Gasteiger partial charge >= 0.3 is 55.8 Å². The second kappa shape index (κ2) is 31.8. The van der Waals surface area contributed by atoms with Crippen LogP contribution in [-0.2, 0) is 0 Å². The van der Waals surface area contributed by atoms with Gasteiger partial charge in [0.25, 0.3) is 0 Å². The molecule has 2 aromatic carbocycles. The minimum atomic E-state index is -2.51. The summed E-state index contributed by atoms with van der Waals surface area (Å²) in [6.07, 6.45) is 0. The minimum absolute atomic E-state index is 0. The molecular formula is C17H36Al2Cl6Li2Si. The average Bonchev–Trinajstić information content (AvgIpc) is 2.40. The van der Waals surface area contributed by atoms with E-state index in [9.17, 15) is 0 Å². The molecule has 2 rings (SSSR count). The SMILES string of the molecule is C.C.C.C.C.Cl.Cl[Si](Cl)(c1ccccc1)c1ccccc1.[AlH3].[Cl][Al]([Cl])[Cl].[H-].[H-].[Li+].[Li+]. The van der Waals surface area contributed by atoms with Gasteiger partial charge in [-0.1, -0.05) is 97.8 Å². The van der Waals surface area contributed by atoms with Crippen LogP contribution in [0.5, 0.6) is 0 Å². The number of rotatable bonds is 2. The molecule has 0 unspecified atom stereocenters. The van der Waals surface area contributed by atoms with Crippen molar-refractivity contribution in [3.05, 3.63) is 60.7 Å². The number of halogens is 6. The molecule has 0 aliphatic carbocycles. The van der Waals surface area contributed by atoms with Crippen molar-refractivity contribution >= 4 is 111 Å². The van der Waals surface area contributed by atoms with Gasteiger partial charge in [-0.2, -0.15) is 0 Å². The zero-order valence-corrected chi connectivity index (χ0v) is 18.9. The Hall–Kier alpha value is 2.66. The van der Waals surface area contributed by atoms with Gasteiger partial charge in [-0.15, -0.1) is 34.6 Å². The summed E-state index contributed by atoms with van der Waals surface area (Å²) < 4.78 is 0. The van der Waals surface area contributed by atoms with Gasteiger partial charge in [0.15, 0.2) is 17.4 Å². The molecule has 0 heterocycles. The Morgan fingerprint density at radius 3 is 0.964 bits per heavy atom. The first-order valence-corrected chi connectivity index (χ1v) is 14.6. The van der Waals surface area contributed by atoms with E-state index in [0.29, 0.717) is 0 Å². The molecule has 0 saturated heterocycles. The number of hydrogen-bond donors (Lipinski definition) is 0. The van der Waals surface area contributed by atoms with Gasteiger partial charge in [0.05, 0.1) is 0 Å². The summed E-state index contributed by atoms with van der Waals surface area (Å²) in [7, 11) is 14.8. The second-order valence-corrected chi connectivity index (χ2v) is 16.3. The molecule has 0 bridgehead atoms. The molecule has 0 N–H and O–H groups in total. The smallest absolute Gasteiger partial charge is 1.00 e. The van der Waals surface area contributed by atoms with Crippen LogP contribution in [0.3, 0.4) is 0 Å². The molecule has 11 heteroatoms. The summed E-state index contributed by atoms with van der Waals surface area (Å²) in [5.41, 5.74) is 0. The quantitative estimate of drug-likeness (QED) is 0.389. The van der Waals surface area contributed by atoms with E-state index < -0.39 is 18.1 Å². The van der Waals surface area contributed by atoms with E-state index in [0.717, 1.165) is 10.4 Å². The standard InChI is InChI=1S/C12H10Cl2Si.5CH4.2Al.4ClH.2Li.5H/c13-15(14,11-7-3-1-4-8-11)12-9-5-2-6-10-12;;;;;;;;;;;;;;;;;;/h1-10H;5*1H4;;;4*1H;;;;;;;/q;;;;;;;+3;;;;;2*+1;;;;2*-1/p-3. The molecule has 0 aliphatic rings. The maximum atomic E-state index is 6.49. The van der Waals surface area contributed by atoms with Gasteiger partial charge in [-0.25, -0.2) is 30.1 Å². The summed E-state index contributed by atoms with van der Waals surface area (Å²) in [5.74, 6) is 0. The Labute approximate surface area is 246 Å². The normalized spacial score (nSPS) is 7.04. The first-order valence-electron chi connectivity index (χ1n) is 5.35. The Balaban J connectivity index is -0.0000000250. The van der Waals surface area contributed by atoms with E-state index in [2.05, 4.69) is 0 Å². The Bertz CT molecular complexity index is 464. The molecule has 0 spiro atoms. The molecule has 0 amide bonds. The van der Waals surface area contributed by atoms with Crippen molar-refractivity contribution in [1.82, 2.24) is 0 Å². The molecule has 158 valence electrons. The van der Waals surface area contributed by atoms with Crippen LogP contribution in [0, 0.1) is 0 Å². The van der Waals surface area contributed by atoms with Crippen molar-refractivity contribution in [3.63, 3.8) is 0 Å². The molecule has 0 atom stereocenters. The summed E-state index contributed by atoms with van der Waals surface area (Å²) in [6, 6.07) is 19.7. The number of hydrogen-bond acceptors (Lipinski definition) is 0. The third-order valence-corrected chi connectivity index (χ3v) is 7.01. The Morgan fingerprint density at radius 2 is 0.786 bits per heavy atom. The van der Waals surface area contributed by atoms with E-state index in [4.69, 9.17) is 52.3 Å². The third kappa shape index (κ3) is 23.3. The second-order valence-electron chi connectivity index (χ2n) is 3.55. The van der Waals surface area contributed by atoms with E-state index >= 15 is 0 Å². The monoisotopic (exact) mass is 546 g/mol. The van der Waals surface area contributed by atoms with E-state index in [-0.39, 0.29) is 107 Å². The average molecular weight is 549 g/mol. The molecule has 0 saturated carbocycles. The van der Waals surface area contributed by atoms with Gasteiger partial charge in [-0.3, -0.25) is 0 Å². The van der Waals surface area contributed by atoms with Crippen molar-refractivity contribution in [2.24, 2.45) is 0 Å². The molecule has 0 radical (unpaired) electrons. The van der Waals surface area contributed by atoms with Crippen molar-refractivity contribution in [1.29, 1.82) is 0 Å². The number of benzene rings is 2. The summed E-state index contributed by atoms with van der Waals surface area (Å²) in [5, 5.41) is 2.05. The zero-order valence-electron chi connectivity index (χ0n) is 14.1. The molecular weight excluding hydrogens is 513 g/mol. The van der Waals surface area contributed by atoms with Crippen LogP contribution in [0.4, 0.5) is 0 Å². The summed E-state index contributed by atoms with van der Waals surface area (Å²) in [4.78, 5) is 0. The Kier molecular flexibility index (Phi) is 65.4. The molecule has 0 fully saturated rings. The van der Waals surface area contributed by atoms with Gasteiger partial charge in [0.1, 0.15) is 0 Å². The maximum absolute atomic E-state index is 6.49. The molecule has 2 aromatic rings. The van der Waals surface area contributed by atoms with E-state index in [1.54, 1.807) is 0 Å². The van der Waals surface area contributed by atoms with Crippen molar-refractivity contribution in [3.8, 4) is 0 Å². The fourth-order valence-corrected chi connectivity index (χ4v) is 4.53. The van der Waals surface area contributed by atoms with Crippen LogP contribution in [0.1, 0.15) is 40.0 Å². The summed E-state index contributed by atoms with van der Waals surface area (Å²) in [6.45, 7) is -2.51. The first-order chi connectivity index (χ1) is 8.94. The molecule has 0 nitrogen and oxygen atoms in total. The summed E-state index contributed by atoms with van der Waals surface area (Å²) >= 11 is 11.3. The van der Waals surface area contributed by atoms with Crippen LogP contribution >= 0.6 is 64.7 Å². The first kappa shape index (κ1) is 57.5. The van der Waals surface area contributed by atoms with Crippen LogP contribution in [0.2, 0.25) is 0 Å². The van der Waals surface area contributed by atoms with Crippen LogP contribution in [0.25, 0.3) is 0 Å². The van der Waals surface area contributed by atoms with Gasteiger partial charge in [-0.05, 0) is 10.4 Å². The van der Waals surface area contributed by atoms with Crippen molar-refractivity contribution < 1.29 is 40.6 Å². The van der Waals surface area contributed by atoms with Crippen molar-refractivity contribution in [2.45, 2.75) is 37.1 Å². The minimum Gasteiger partial charge on any atom is -1.00 e. The van der Waals surface area contributed by atoms with Gasteiger partial charge < -0.3 is 2.85 Å². The maximum Gasteiger partial charge on any atom is 1.00 e. The third-order valence-electron chi connectivity index (χ3n) is 2.27. The fraction of sp³-hybridized carbons (Fsp3) is 0.294. The van der Waals surface area contributed by atoms with E-state index in [1.165, 1.54) is 0 Å². The van der Waals surface area contributed by atoms with Gasteiger partial charge in [0, 0.05) is 0 Å². The topological polar surface area (TPSA) is 0 Å². The molecule has 28 heavy (non-hydrogen) atoms. The van der Waals surface area contributed by atoms with E-state index in [1.807, 2.05) is 60.7 Å². The molecule has 0 aromatic heterocycles.